The van der Waals surface area contributed by atoms with Crippen LogP contribution in [-0.2, 0) is 77.4 Å². The van der Waals surface area contributed by atoms with Crippen LogP contribution in [0.15, 0.2) is 194 Å². The van der Waals surface area contributed by atoms with Gasteiger partial charge in [0.15, 0.2) is 0 Å². The second-order valence-corrected chi connectivity index (χ2v) is 36.6. The Morgan fingerprint density at radius 2 is 0.604 bits per heavy atom. The summed E-state index contributed by atoms with van der Waals surface area (Å²) in [5.41, 5.74) is 43.5. The third-order valence-corrected chi connectivity index (χ3v) is 25.2. The minimum atomic E-state index is 0.223. The molecule has 1 fully saturated rings. The highest BCUT2D eigenvalue weighted by atomic mass is 14.5. The maximum absolute atomic E-state index is 2.59. The van der Waals surface area contributed by atoms with Crippen molar-refractivity contribution in [2.75, 3.05) is 0 Å². The predicted molar refractivity (Wildman–Crippen MR) is 435 cm³/mol. The van der Waals surface area contributed by atoms with Gasteiger partial charge in [-0.25, -0.2) is 0 Å². The van der Waals surface area contributed by atoms with E-state index in [0.717, 1.165) is 38.0 Å². The van der Waals surface area contributed by atoms with Crippen LogP contribution in [0.1, 0.15) is 281 Å². The molecule has 101 heavy (non-hydrogen) atoms. The van der Waals surface area contributed by atoms with E-state index in [0.29, 0.717) is 0 Å². The lowest BCUT2D eigenvalue weighted by Gasteiger charge is -2.42. The molecule has 0 bridgehead atoms. The fourth-order valence-electron chi connectivity index (χ4n) is 18.5. The van der Waals surface area contributed by atoms with Gasteiger partial charge in [0.25, 0.3) is 0 Å². The van der Waals surface area contributed by atoms with Gasteiger partial charge in [0.1, 0.15) is 0 Å². The van der Waals surface area contributed by atoms with Gasteiger partial charge in [0, 0.05) is 0 Å². The summed E-state index contributed by atoms with van der Waals surface area (Å²) >= 11 is 0. The molecular weight excluding hydrogens is 1210 g/mol. The van der Waals surface area contributed by atoms with Gasteiger partial charge in [-0.2, -0.15) is 0 Å². The smallest absolute Gasteiger partial charge is 0.00132 e. The van der Waals surface area contributed by atoms with E-state index in [1.807, 2.05) is 0 Å². The largest absolute Gasteiger partial charge is 0.0654 e. The first-order valence-electron chi connectivity index (χ1n) is 39.4. The van der Waals surface area contributed by atoms with Gasteiger partial charge in [0.05, 0.1) is 0 Å². The fraction of sp³-hybridized carbons (Fsp3) is 0.406. The molecule has 520 valence electrons. The molecule has 10 aromatic rings. The first-order chi connectivity index (χ1) is 48.2. The van der Waals surface area contributed by atoms with Crippen LogP contribution >= 0.6 is 0 Å². The predicted octanol–water partition coefficient (Wildman–Crippen LogP) is 27.4. The molecule has 0 radical (unpaired) electrons. The van der Waals surface area contributed by atoms with Crippen molar-refractivity contribution < 1.29 is 0 Å². The summed E-state index contributed by atoms with van der Waals surface area (Å²) in [5, 5.41) is 0. The Morgan fingerprint density at radius 1 is 0.297 bits per heavy atom. The Morgan fingerprint density at radius 3 is 0.990 bits per heavy atom. The summed E-state index contributed by atoms with van der Waals surface area (Å²) < 4.78 is 0. The third kappa shape index (κ3) is 14.5. The van der Waals surface area contributed by atoms with Crippen LogP contribution in [-0.4, -0.2) is 0 Å². The molecule has 0 atom stereocenters. The van der Waals surface area contributed by atoms with Crippen molar-refractivity contribution in [3.05, 3.63) is 294 Å². The van der Waals surface area contributed by atoms with Crippen LogP contribution in [0, 0.1) is 5.92 Å². The van der Waals surface area contributed by atoms with Crippen LogP contribution < -0.4 is 0 Å². The Kier molecular flexibility index (Phi) is 19.3. The van der Waals surface area contributed by atoms with Gasteiger partial charge in [-0.15, -0.1) is 0 Å². The average molecular weight is 1330 g/mol. The Balaban J connectivity index is 0.000000109. The SMILES string of the molecule is CC(C)(C)c1ccc2c(c1)Cc1cc(C(C)(C)C)ccc1-2.CC1(C)CCC(C)(C)c2cc3c(cc21)Cc1cc2c(cc1-3)C(C)(C)CCC2(C)C.CCCCCCc1ccc2c(c1)Cc1ccccc1-2.c1ccc2c(c1)Cc1cc(CC3CCCC3)ccc1-2.c1ccc2c(c1)Cc1ccccc1-2. The molecule has 0 amide bonds. The molecule has 18 rings (SSSR count). The van der Waals surface area contributed by atoms with Crippen molar-refractivity contribution in [3.63, 3.8) is 0 Å². The number of benzene rings is 10. The van der Waals surface area contributed by atoms with E-state index in [4.69, 9.17) is 0 Å². The molecular formula is C101H116. The van der Waals surface area contributed by atoms with Crippen molar-refractivity contribution in [3.8, 4) is 55.6 Å². The lowest BCUT2D eigenvalue weighted by molar-refractivity contribution is 0.331. The number of rotatable bonds is 7. The first-order valence-corrected chi connectivity index (χ1v) is 39.4. The van der Waals surface area contributed by atoms with Crippen LogP contribution in [0.5, 0.6) is 0 Å². The van der Waals surface area contributed by atoms with Crippen molar-refractivity contribution >= 4 is 0 Å². The van der Waals surface area contributed by atoms with Crippen molar-refractivity contribution in [1.82, 2.24) is 0 Å². The maximum atomic E-state index is 2.59. The molecule has 0 unspecified atom stereocenters. The minimum absolute atomic E-state index is 0.223. The Labute approximate surface area is 610 Å². The molecule has 10 aromatic carbocycles. The molecule has 0 heterocycles. The van der Waals surface area contributed by atoms with E-state index >= 15 is 0 Å². The standard InChI is InChI=1S/C29H38.C21H26.C19H20.C19H22.C13H10/c1-26(2)9-11-28(5,6)24-16-20-18(14-22(24)26)13-19-15-23-25(17-21(19)20)29(7,8)12-10-27(23,3)4;1-20(2,3)16-7-9-18-14(12-16)11-15-13-17(21(4,5)6)8-10-19(15)18;1-2-6-14(5-1)11-15-9-10-19-17(12-15)13-16-7-3-4-8-18(16)19;1-2-3-4-5-8-15-11-12-19-17(13-15)14-16-9-6-7-10-18(16)19;1-3-7-12-10(5-1)9-11-6-2-4-8-13(11)12/h14-17H,9-13H2,1-8H3;7-10,12-13H,11H2,1-6H3;3-4,7-10,12,14H,1-2,5-6,11,13H2;6-7,9-13H,2-5,8,14H2,1H3;1-8H,9H2. The quantitative estimate of drug-likeness (QED) is 0.140. The normalized spacial score (nSPS) is 17.1. The maximum Gasteiger partial charge on any atom is -0.00132 e. The Hall–Kier alpha value is -7.80. The summed E-state index contributed by atoms with van der Waals surface area (Å²) in [7, 11) is 0. The number of unbranched alkanes of at least 4 members (excludes halogenated alkanes) is 3. The molecule has 0 N–H and O–H groups in total. The third-order valence-electron chi connectivity index (χ3n) is 25.2. The Bertz CT molecular complexity index is 4520. The van der Waals surface area contributed by atoms with E-state index < -0.39 is 0 Å². The summed E-state index contributed by atoms with van der Waals surface area (Å²) in [6.45, 7) is 35.5. The second-order valence-electron chi connectivity index (χ2n) is 36.6. The van der Waals surface area contributed by atoms with Gasteiger partial charge in [0.2, 0.25) is 0 Å². The van der Waals surface area contributed by atoms with Gasteiger partial charge in [-0.1, -0.05) is 343 Å². The van der Waals surface area contributed by atoms with Crippen LogP contribution in [0.25, 0.3) is 55.6 Å². The highest BCUT2D eigenvalue weighted by molar-refractivity contribution is 5.82. The molecule has 0 spiro atoms. The summed E-state index contributed by atoms with van der Waals surface area (Å²) in [6, 6.07) is 73.6. The summed E-state index contributed by atoms with van der Waals surface area (Å²) in [6.07, 6.45) is 24.4. The molecule has 0 aromatic heterocycles. The molecule has 8 aliphatic carbocycles. The van der Waals surface area contributed by atoms with E-state index in [1.54, 1.807) is 38.9 Å². The molecule has 0 nitrogen and oxygen atoms in total. The average Bonchev–Trinajstić information content (AvgIpc) is 1.67. The lowest BCUT2D eigenvalue weighted by Crippen LogP contribution is -2.34. The molecule has 0 aliphatic heterocycles. The summed E-state index contributed by atoms with van der Waals surface area (Å²) in [5.74, 6) is 0.946. The van der Waals surface area contributed by atoms with E-state index in [9.17, 15) is 0 Å². The van der Waals surface area contributed by atoms with Crippen LogP contribution in [0.4, 0.5) is 0 Å². The topological polar surface area (TPSA) is 0 Å². The van der Waals surface area contributed by atoms with Crippen LogP contribution in [0.3, 0.4) is 0 Å². The van der Waals surface area contributed by atoms with E-state index in [2.05, 4.69) is 298 Å². The summed E-state index contributed by atoms with van der Waals surface area (Å²) in [4.78, 5) is 0. The fourth-order valence-corrected chi connectivity index (χ4v) is 18.5. The molecule has 8 aliphatic rings. The monoisotopic (exact) mass is 1330 g/mol. The zero-order valence-corrected chi connectivity index (χ0v) is 64.5. The van der Waals surface area contributed by atoms with Gasteiger partial charge in [-0.05, 0) is 271 Å². The van der Waals surface area contributed by atoms with Crippen molar-refractivity contribution in [1.29, 1.82) is 0 Å². The van der Waals surface area contributed by atoms with Crippen LogP contribution in [0.2, 0.25) is 0 Å². The minimum Gasteiger partial charge on any atom is -0.0654 e. The van der Waals surface area contributed by atoms with Crippen molar-refractivity contribution in [2.24, 2.45) is 5.92 Å². The molecule has 1 saturated carbocycles. The van der Waals surface area contributed by atoms with Gasteiger partial charge < -0.3 is 0 Å². The highest BCUT2D eigenvalue weighted by Gasteiger charge is 2.42. The highest BCUT2D eigenvalue weighted by Crippen LogP contribution is 2.54. The zero-order chi connectivity index (χ0) is 70.8. The van der Waals surface area contributed by atoms with E-state index in [1.165, 1.54) is 207 Å². The second kappa shape index (κ2) is 27.8. The molecule has 0 heteroatoms. The number of fused-ring (bicyclic) bond motifs is 17. The van der Waals surface area contributed by atoms with Gasteiger partial charge >= 0.3 is 0 Å². The number of hydrogen-bond acceptors (Lipinski definition) is 0. The van der Waals surface area contributed by atoms with E-state index in [-0.39, 0.29) is 32.5 Å². The van der Waals surface area contributed by atoms with Gasteiger partial charge in [-0.3, -0.25) is 0 Å². The number of hydrogen-bond donors (Lipinski definition) is 0. The lowest BCUT2D eigenvalue weighted by atomic mass is 9.62. The molecule has 0 saturated heterocycles. The zero-order valence-electron chi connectivity index (χ0n) is 64.5. The first kappa shape index (κ1) is 70.2. The number of aryl methyl sites for hydroxylation is 1. The van der Waals surface area contributed by atoms with Crippen molar-refractivity contribution in [2.45, 2.75) is 258 Å².